The van der Waals surface area contributed by atoms with Crippen molar-refractivity contribution in [2.45, 2.75) is 12.0 Å². The third kappa shape index (κ3) is 4.34. The van der Waals surface area contributed by atoms with Crippen LogP contribution in [0.3, 0.4) is 0 Å². The van der Waals surface area contributed by atoms with Crippen molar-refractivity contribution in [3.63, 3.8) is 0 Å². The first-order valence-electron chi connectivity index (χ1n) is 10.0. The Kier molecular flexibility index (Phi) is 5.94. The molecule has 2 atom stereocenters. The highest BCUT2D eigenvalue weighted by Gasteiger charge is 2.21. The molecule has 1 aromatic heterocycles. The highest BCUT2D eigenvalue weighted by molar-refractivity contribution is 5.84. The van der Waals surface area contributed by atoms with Crippen LogP contribution in [0, 0.1) is 0 Å². The number of aliphatic hydroxyl groups is 1. The second-order valence-corrected chi connectivity index (χ2v) is 7.30. The van der Waals surface area contributed by atoms with Crippen molar-refractivity contribution in [3.05, 3.63) is 102 Å². The number of aliphatic hydroxyl groups excluding tert-OH is 1. The number of hydrogen-bond donors (Lipinski definition) is 3. The molecule has 148 valence electrons. The van der Waals surface area contributed by atoms with Crippen molar-refractivity contribution >= 4 is 10.9 Å². The van der Waals surface area contributed by atoms with Crippen LogP contribution < -0.4 is 10.1 Å². The van der Waals surface area contributed by atoms with Crippen LogP contribution in [0.2, 0.25) is 0 Å². The van der Waals surface area contributed by atoms with Crippen molar-refractivity contribution in [3.8, 4) is 5.75 Å². The van der Waals surface area contributed by atoms with Gasteiger partial charge in [-0.2, -0.15) is 0 Å². The lowest BCUT2D eigenvalue weighted by Crippen LogP contribution is -2.86. The predicted octanol–water partition coefficient (Wildman–Crippen LogP) is 3.61. The van der Waals surface area contributed by atoms with Crippen LogP contribution in [0.4, 0.5) is 0 Å². The van der Waals surface area contributed by atoms with Gasteiger partial charge in [0, 0.05) is 17.1 Å². The first-order chi connectivity index (χ1) is 14.3. The Balaban J connectivity index is 1.56. The minimum absolute atomic E-state index is 0.208. The summed E-state index contributed by atoms with van der Waals surface area (Å²) in [4.78, 5) is 3.40. The van der Waals surface area contributed by atoms with Crippen LogP contribution >= 0.6 is 0 Å². The molecule has 0 aliphatic rings. The van der Waals surface area contributed by atoms with Gasteiger partial charge < -0.3 is 20.1 Å². The molecule has 0 unspecified atom stereocenters. The molecular formula is C25H27N2O2+. The van der Waals surface area contributed by atoms with E-state index in [1.54, 1.807) is 7.11 Å². The Hall–Kier alpha value is -3.08. The lowest BCUT2D eigenvalue weighted by molar-refractivity contribution is -0.663. The molecule has 1 heterocycles. The number of aromatic nitrogens is 1. The zero-order valence-corrected chi connectivity index (χ0v) is 16.6. The second kappa shape index (κ2) is 8.95. The van der Waals surface area contributed by atoms with E-state index in [-0.39, 0.29) is 5.92 Å². The maximum atomic E-state index is 10.5. The number of nitrogens with one attached hydrogen (secondary N) is 1. The highest BCUT2D eigenvalue weighted by Crippen LogP contribution is 2.30. The standard InChI is InChI=1S/C25H26N2O2/c1-29-20-13-11-18(12-14-20)22(23-16-27-24-10-6-5-9-21(23)24)15-26-17-25(28)19-7-3-2-4-8-19/h2-14,16,22,25-28H,15,17H2,1H3/p+1/t22-,25-/m0/s1. The lowest BCUT2D eigenvalue weighted by Gasteiger charge is -2.18. The third-order valence-electron chi connectivity index (χ3n) is 5.49. The maximum absolute atomic E-state index is 10.5. The smallest absolute Gasteiger partial charge is 0.128 e. The number of para-hydroxylation sites is 1. The summed E-state index contributed by atoms with van der Waals surface area (Å²) in [5, 5.41) is 14.0. The van der Waals surface area contributed by atoms with Gasteiger partial charge in [0.15, 0.2) is 0 Å². The summed E-state index contributed by atoms with van der Waals surface area (Å²) in [7, 11) is 1.69. The maximum Gasteiger partial charge on any atom is 0.128 e. The van der Waals surface area contributed by atoms with E-state index in [4.69, 9.17) is 4.74 Å². The SMILES string of the molecule is COc1ccc([C@H](C[NH2+]C[C@H](O)c2ccccc2)c2c[nH]c3ccccc23)cc1. The average Bonchev–Trinajstić information content (AvgIpc) is 3.21. The van der Waals surface area contributed by atoms with Crippen LogP contribution in [0.25, 0.3) is 10.9 Å². The fourth-order valence-electron chi connectivity index (χ4n) is 3.89. The van der Waals surface area contributed by atoms with Gasteiger partial charge in [0.25, 0.3) is 0 Å². The van der Waals surface area contributed by atoms with Crippen LogP contribution in [-0.4, -0.2) is 30.3 Å². The number of quaternary nitrogens is 1. The minimum atomic E-state index is -0.476. The molecule has 0 fully saturated rings. The Morgan fingerprint density at radius 1 is 0.862 bits per heavy atom. The molecule has 4 nitrogen and oxygen atoms in total. The molecule has 4 rings (SSSR count). The molecular weight excluding hydrogens is 360 g/mol. The Bertz CT molecular complexity index is 1040. The number of benzene rings is 3. The Morgan fingerprint density at radius 2 is 1.59 bits per heavy atom. The number of hydrogen-bond acceptors (Lipinski definition) is 2. The molecule has 4 N–H and O–H groups in total. The first-order valence-corrected chi connectivity index (χ1v) is 10.0. The average molecular weight is 388 g/mol. The van der Waals surface area contributed by atoms with Gasteiger partial charge in [-0.05, 0) is 34.9 Å². The summed E-state index contributed by atoms with van der Waals surface area (Å²) in [6.45, 7) is 1.47. The Labute approximate surface area is 171 Å². The van der Waals surface area contributed by atoms with Gasteiger partial charge in [-0.1, -0.05) is 60.7 Å². The van der Waals surface area contributed by atoms with Crippen molar-refractivity contribution in [1.82, 2.24) is 4.98 Å². The summed E-state index contributed by atoms with van der Waals surface area (Å²) in [6.07, 6.45) is 1.64. The third-order valence-corrected chi connectivity index (χ3v) is 5.49. The molecule has 0 radical (unpaired) electrons. The largest absolute Gasteiger partial charge is 0.497 e. The quantitative estimate of drug-likeness (QED) is 0.433. The molecule has 0 amide bonds. The number of methoxy groups -OCH3 is 1. The Morgan fingerprint density at radius 3 is 2.34 bits per heavy atom. The van der Waals surface area contributed by atoms with Crippen LogP contribution in [0.5, 0.6) is 5.75 Å². The highest BCUT2D eigenvalue weighted by atomic mass is 16.5. The summed E-state index contributed by atoms with van der Waals surface area (Å²) < 4.78 is 5.32. The fourth-order valence-corrected chi connectivity index (χ4v) is 3.89. The number of nitrogens with two attached hydrogens (primary N) is 1. The van der Waals surface area contributed by atoms with Crippen LogP contribution in [-0.2, 0) is 0 Å². The monoisotopic (exact) mass is 387 g/mol. The van der Waals surface area contributed by atoms with Crippen LogP contribution in [0.1, 0.15) is 28.7 Å². The van der Waals surface area contributed by atoms with Crippen molar-refractivity contribution in [2.24, 2.45) is 0 Å². The second-order valence-electron chi connectivity index (χ2n) is 7.30. The van der Waals surface area contributed by atoms with Gasteiger partial charge in [-0.15, -0.1) is 0 Å². The number of fused-ring (bicyclic) bond motifs is 1. The molecule has 4 aromatic rings. The van der Waals surface area contributed by atoms with E-state index in [0.717, 1.165) is 23.4 Å². The molecule has 0 saturated carbocycles. The molecule has 0 aliphatic heterocycles. The van der Waals surface area contributed by atoms with Gasteiger partial charge in [-0.25, -0.2) is 0 Å². The van der Waals surface area contributed by atoms with E-state index in [9.17, 15) is 5.11 Å². The predicted molar refractivity (Wildman–Crippen MR) is 116 cm³/mol. The van der Waals surface area contributed by atoms with E-state index in [0.29, 0.717) is 6.54 Å². The molecule has 0 bridgehead atoms. The summed E-state index contributed by atoms with van der Waals surface area (Å²) in [5.74, 6) is 1.06. The van der Waals surface area contributed by atoms with E-state index < -0.39 is 6.10 Å². The minimum Gasteiger partial charge on any atom is -0.497 e. The molecule has 0 aliphatic carbocycles. The molecule has 29 heavy (non-hydrogen) atoms. The number of H-pyrrole nitrogens is 1. The van der Waals surface area contributed by atoms with Crippen molar-refractivity contribution < 1.29 is 15.2 Å². The normalized spacial score (nSPS) is 13.3. The van der Waals surface area contributed by atoms with Gasteiger partial charge in [-0.3, -0.25) is 0 Å². The van der Waals surface area contributed by atoms with E-state index in [1.807, 2.05) is 48.5 Å². The van der Waals surface area contributed by atoms with E-state index in [2.05, 4.69) is 46.8 Å². The fraction of sp³-hybridized carbons (Fsp3) is 0.200. The lowest BCUT2D eigenvalue weighted by atomic mass is 9.90. The van der Waals surface area contributed by atoms with Crippen molar-refractivity contribution in [2.75, 3.05) is 20.2 Å². The molecule has 0 spiro atoms. The molecule has 3 aromatic carbocycles. The van der Waals surface area contributed by atoms with Crippen LogP contribution in [0.15, 0.2) is 85.1 Å². The van der Waals surface area contributed by atoms with E-state index >= 15 is 0 Å². The summed E-state index contributed by atoms with van der Waals surface area (Å²) in [6, 6.07) is 26.5. The number of aromatic amines is 1. The first kappa shape index (κ1) is 19.2. The zero-order chi connectivity index (χ0) is 20.1. The van der Waals surface area contributed by atoms with E-state index in [1.165, 1.54) is 16.5 Å². The topological polar surface area (TPSA) is 61.9 Å². The summed E-state index contributed by atoms with van der Waals surface area (Å²) >= 11 is 0. The molecule has 0 saturated heterocycles. The van der Waals surface area contributed by atoms with Gasteiger partial charge >= 0.3 is 0 Å². The number of ether oxygens (including phenoxy) is 1. The van der Waals surface area contributed by atoms with Gasteiger partial charge in [0.05, 0.1) is 19.6 Å². The number of rotatable bonds is 8. The van der Waals surface area contributed by atoms with Crippen molar-refractivity contribution in [1.29, 1.82) is 0 Å². The van der Waals surface area contributed by atoms with Gasteiger partial charge in [0.1, 0.15) is 18.4 Å². The van der Waals surface area contributed by atoms with Gasteiger partial charge in [0.2, 0.25) is 0 Å². The molecule has 4 heteroatoms. The zero-order valence-electron chi connectivity index (χ0n) is 16.6. The summed E-state index contributed by atoms with van der Waals surface area (Å²) in [5.41, 5.74) is 4.61.